The van der Waals surface area contributed by atoms with E-state index in [1.54, 1.807) is 6.20 Å². The molecule has 0 radical (unpaired) electrons. The normalized spacial score (nSPS) is 13.1. The molecular formula is C13H26N4O2S. The number of rotatable bonds is 8. The fourth-order valence-electron chi connectivity index (χ4n) is 1.74. The Hall–Kier alpha value is -0.920. The third-order valence-corrected chi connectivity index (χ3v) is 5.24. The summed E-state index contributed by atoms with van der Waals surface area (Å²) in [6.07, 6.45) is 3.02. The fourth-order valence-corrected chi connectivity index (χ4v) is 3.42. The Morgan fingerprint density at radius 3 is 2.45 bits per heavy atom. The van der Waals surface area contributed by atoms with Crippen LogP contribution in [0.2, 0.25) is 0 Å². The van der Waals surface area contributed by atoms with Crippen molar-refractivity contribution in [3.63, 3.8) is 0 Å². The van der Waals surface area contributed by atoms with Crippen molar-refractivity contribution in [2.75, 3.05) is 0 Å². The molecule has 0 bridgehead atoms. The van der Waals surface area contributed by atoms with Crippen molar-refractivity contribution < 1.29 is 8.42 Å². The monoisotopic (exact) mass is 302 g/mol. The van der Waals surface area contributed by atoms with Gasteiger partial charge in [0, 0.05) is 23.7 Å². The zero-order valence-corrected chi connectivity index (χ0v) is 13.8. The molecule has 1 aromatic heterocycles. The lowest BCUT2D eigenvalue weighted by atomic mass is 9.98. The Morgan fingerprint density at radius 1 is 1.35 bits per heavy atom. The van der Waals surface area contributed by atoms with Crippen LogP contribution < -0.4 is 10.0 Å². The van der Waals surface area contributed by atoms with Gasteiger partial charge in [-0.25, -0.2) is 13.1 Å². The molecule has 0 saturated carbocycles. The van der Waals surface area contributed by atoms with Crippen LogP contribution in [-0.4, -0.2) is 30.2 Å². The molecule has 0 aliphatic rings. The summed E-state index contributed by atoms with van der Waals surface area (Å²) < 4.78 is 27.7. The van der Waals surface area contributed by atoms with Crippen LogP contribution in [0.1, 0.15) is 53.0 Å². The third-order valence-electron chi connectivity index (χ3n) is 3.59. The van der Waals surface area contributed by atoms with Gasteiger partial charge in [-0.05, 0) is 19.8 Å². The van der Waals surface area contributed by atoms with Gasteiger partial charge in [0.25, 0.3) is 10.0 Å². The Bertz CT molecular complexity index is 518. The lowest BCUT2D eigenvalue weighted by Crippen LogP contribution is -2.45. The van der Waals surface area contributed by atoms with Crippen LogP contribution in [0.4, 0.5) is 0 Å². The lowest BCUT2D eigenvalue weighted by molar-refractivity contribution is 0.387. The largest absolute Gasteiger partial charge is 0.310 e. The van der Waals surface area contributed by atoms with Crippen LogP contribution in [0.25, 0.3) is 0 Å². The van der Waals surface area contributed by atoms with E-state index in [9.17, 15) is 8.42 Å². The number of nitrogens with one attached hydrogen (secondary N) is 3. The summed E-state index contributed by atoms with van der Waals surface area (Å²) in [5.74, 6) is 0. The minimum absolute atomic E-state index is 0.152. The Kier molecular flexibility index (Phi) is 5.73. The number of hydrogen-bond donors (Lipinski definition) is 3. The average molecular weight is 302 g/mol. The first kappa shape index (κ1) is 17.1. The molecule has 0 aromatic carbocycles. The van der Waals surface area contributed by atoms with E-state index < -0.39 is 15.6 Å². The van der Waals surface area contributed by atoms with Crippen LogP contribution in [0.15, 0.2) is 11.2 Å². The topological polar surface area (TPSA) is 86.9 Å². The standard InChI is InChI=1S/C13H26N4O2S/c1-6-13(5,7-2)17-20(18,19)12-11(9-15-16-12)8-14-10(3)4/h9-10,14,17H,6-8H2,1-5H3,(H,15,16). The van der Waals surface area contributed by atoms with E-state index in [0.717, 1.165) is 12.8 Å². The van der Waals surface area contributed by atoms with Crippen LogP contribution >= 0.6 is 0 Å². The van der Waals surface area contributed by atoms with Crippen LogP contribution in [-0.2, 0) is 16.6 Å². The van der Waals surface area contributed by atoms with Gasteiger partial charge in [-0.15, -0.1) is 0 Å². The summed E-state index contributed by atoms with van der Waals surface area (Å²) in [5, 5.41) is 9.81. The number of hydrogen-bond acceptors (Lipinski definition) is 4. The zero-order chi connectivity index (χ0) is 15.4. The maximum atomic E-state index is 12.5. The van der Waals surface area contributed by atoms with E-state index in [1.165, 1.54) is 0 Å². The molecule has 1 rings (SSSR count). The average Bonchev–Trinajstić information content (AvgIpc) is 2.85. The highest BCUT2D eigenvalue weighted by atomic mass is 32.2. The van der Waals surface area contributed by atoms with Gasteiger partial charge in [0.15, 0.2) is 5.03 Å². The molecule has 1 heterocycles. The molecule has 0 aliphatic carbocycles. The molecule has 0 atom stereocenters. The second kappa shape index (κ2) is 6.69. The molecule has 3 N–H and O–H groups in total. The summed E-state index contributed by atoms with van der Waals surface area (Å²) in [5.41, 5.74) is 0.216. The first-order valence-corrected chi connectivity index (χ1v) is 8.52. The van der Waals surface area contributed by atoms with Crippen LogP contribution in [0.5, 0.6) is 0 Å². The van der Waals surface area contributed by atoms with Crippen molar-refractivity contribution in [1.82, 2.24) is 20.2 Å². The Balaban J connectivity index is 2.96. The van der Waals surface area contributed by atoms with Crippen molar-refractivity contribution in [2.45, 2.75) is 70.6 Å². The second-order valence-electron chi connectivity index (χ2n) is 5.63. The van der Waals surface area contributed by atoms with Gasteiger partial charge < -0.3 is 5.32 Å². The molecule has 0 spiro atoms. The van der Waals surface area contributed by atoms with E-state index in [1.807, 2.05) is 34.6 Å². The van der Waals surface area contributed by atoms with Crippen molar-refractivity contribution in [3.8, 4) is 0 Å². The van der Waals surface area contributed by atoms with E-state index in [0.29, 0.717) is 12.1 Å². The molecular weight excluding hydrogens is 276 g/mol. The van der Waals surface area contributed by atoms with Gasteiger partial charge in [-0.2, -0.15) is 5.10 Å². The van der Waals surface area contributed by atoms with Crippen molar-refractivity contribution in [1.29, 1.82) is 0 Å². The Labute approximate surface area is 121 Å². The number of sulfonamides is 1. The van der Waals surface area contributed by atoms with E-state index in [4.69, 9.17) is 0 Å². The molecule has 7 heteroatoms. The smallest absolute Gasteiger partial charge is 0.258 e. The molecule has 6 nitrogen and oxygen atoms in total. The molecule has 0 unspecified atom stereocenters. The number of nitrogens with zero attached hydrogens (tertiary/aromatic N) is 1. The minimum atomic E-state index is -3.59. The molecule has 116 valence electrons. The highest BCUT2D eigenvalue weighted by Crippen LogP contribution is 2.19. The molecule has 1 aromatic rings. The summed E-state index contributed by atoms with van der Waals surface area (Å²) in [4.78, 5) is 0. The van der Waals surface area contributed by atoms with Gasteiger partial charge in [0.1, 0.15) is 0 Å². The van der Waals surface area contributed by atoms with Crippen molar-refractivity contribution >= 4 is 10.0 Å². The number of aromatic nitrogens is 2. The summed E-state index contributed by atoms with van der Waals surface area (Å²) in [6, 6.07) is 0.282. The maximum absolute atomic E-state index is 12.5. The quantitative estimate of drug-likeness (QED) is 0.683. The highest BCUT2D eigenvalue weighted by molar-refractivity contribution is 7.89. The molecule has 0 saturated heterocycles. The molecule has 0 amide bonds. The van der Waals surface area contributed by atoms with Crippen molar-refractivity contribution in [3.05, 3.63) is 11.8 Å². The van der Waals surface area contributed by atoms with Gasteiger partial charge in [0.05, 0.1) is 6.20 Å². The molecule has 0 fully saturated rings. The van der Waals surface area contributed by atoms with E-state index >= 15 is 0 Å². The summed E-state index contributed by atoms with van der Waals surface area (Å²) >= 11 is 0. The first-order valence-electron chi connectivity index (χ1n) is 7.03. The highest BCUT2D eigenvalue weighted by Gasteiger charge is 2.30. The van der Waals surface area contributed by atoms with Crippen LogP contribution in [0, 0.1) is 0 Å². The molecule has 0 aliphatic heterocycles. The number of aromatic amines is 1. The SMILES string of the molecule is CCC(C)(CC)NS(=O)(=O)c1[nH]ncc1CNC(C)C. The van der Waals surface area contributed by atoms with E-state index in [2.05, 4.69) is 20.2 Å². The Morgan fingerprint density at radius 2 is 1.95 bits per heavy atom. The fraction of sp³-hybridized carbons (Fsp3) is 0.769. The first-order chi connectivity index (χ1) is 9.24. The summed E-state index contributed by atoms with van der Waals surface area (Å²) in [6.45, 7) is 10.3. The predicted molar refractivity (Wildman–Crippen MR) is 79.9 cm³/mol. The predicted octanol–water partition coefficient (Wildman–Crippen LogP) is 1.76. The third kappa shape index (κ3) is 4.29. The zero-order valence-electron chi connectivity index (χ0n) is 12.9. The van der Waals surface area contributed by atoms with Crippen molar-refractivity contribution in [2.24, 2.45) is 0 Å². The minimum Gasteiger partial charge on any atom is -0.310 e. The van der Waals surface area contributed by atoms with E-state index in [-0.39, 0.29) is 11.1 Å². The maximum Gasteiger partial charge on any atom is 0.258 e. The van der Waals surface area contributed by atoms with Gasteiger partial charge in [-0.3, -0.25) is 5.10 Å². The van der Waals surface area contributed by atoms with Gasteiger partial charge in [0.2, 0.25) is 0 Å². The lowest BCUT2D eigenvalue weighted by Gasteiger charge is -2.27. The number of H-pyrrole nitrogens is 1. The van der Waals surface area contributed by atoms with Gasteiger partial charge in [-0.1, -0.05) is 27.7 Å². The van der Waals surface area contributed by atoms with Gasteiger partial charge >= 0.3 is 0 Å². The van der Waals surface area contributed by atoms with Crippen LogP contribution in [0.3, 0.4) is 0 Å². The summed E-state index contributed by atoms with van der Waals surface area (Å²) in [7, 11) is -3.59. The molecule has 20 heavy (non-hydrogen) atoms. The second-order valence-corrected chi connectivity index (χ2v) is 7.25.